The Hall–Kier alpha value is -1.05. The molecule has 0 radical (unpaired) electrons. The van der Waals surface area contributed by atoms with Crippen LogP contribution in [0.15, 0.2) is 21.0 Å². The van der Waals surface area contributed by atoms with Crippen LogP contribution in [0.5, 0.6) is 0 Å². The van der Waals surface area contributed by atoms with Gasteiger partial charge in [0.15, 0.2) is 0 Å². The first-order chi connectivity index (χ1) is 17.4. The minimum absolute atomic E-state index is 0.0417. The van der Waals surface area contributed by atoms with E-state index in [0.29, 0.717) is 29.3 Å². The standard InChI is InChI=1S/C31H46INO4/c1-17(16-33-19(3)34)13-26(32)29-18(2)28-27(37-29)15-25-23-8-7-21-14-22(36-20(4)35)9-11-30(21,5)24(23)10-12-31(25,28)6/h7,17-18,22-25,27-28H,8-16H2,1-6H3,(H,33,34)/t17?,18-,22-,23+,24-,25-,27-,28-,30-,31-/m0/s1. The molecule has 1 saturated heterocycles. The van der Waals surface area contributed by atoms with Gasteiger partial charge in [-0.15, -0.1) is 0 Å². The summed E-state index contributed by atoms with van der Waals surface area (Å²) in [6.45, 7) is 13.6. The third kappa shape index (κ3) is 4.80. The Morgan fingerprint density at radius 2 is 1.97 bits per heavy atom. The van der Waals surface area contributed by atoms with Crippen molar-refractivity contribution in [2.24, 2.45) is 46.3 Å². The van der Waals surface area contributed by atoms with E-state index >= 15 is 0 Å². The monoisotopic (exact) mass is 623 g/mol. The number of fused-ring (bicyclic) bond motifs is 7. The van der Waals surface area contributed by atoms with Crippen LogP contribution >= 0.6 is 22.6 Å². The highest BCUT2D eigenvalue weighted by Crippen LogP contribution is 2.69. The molecule has 3 saturated carbocycles. The molecule has 0 aromatic heterocycles. The smallest absolute Gasteiger partial charge is 0.302 e. The van der Waals surface area contributed by atoms with Crippen LogP contribution in [-0.4, -0.2) is 30.6 Å². The van der Waals surface area contributed by atoms with Gasteiger partial charge in [0.1, 0.15) is 18.0 Å². The van der Waals surface area contributed by atoms with Crippen molar-refractivity contribution in [3.8, 4) is 0 Å². The van der Waals surface area contributed by atoms with E-state index in [2.05, 4.69) is 61.7 Å². The van der Waals surface area contributed by atoms with Gasteiger partial charge in [0.25, 0.3) is 0 Å². The van der Waals surface area contributed by atoms with E-state index in [4.69, 9.17) is 9.47 Å². The average Bonchev–Trinajstić information content (AvgIpc) is 3.31. The number of rotatable bonds is 5. The van der Waals surface area contributed by atoms with Gasteiger partial charge in [-0.25, -0.2) is 0 Å². The Labute approximate surface area is 237 Å². The van der Waals surface area contributed by atoms with Gasteiger partial charge in [-0.2, -0.15) is 0 Å². The van der Waals surface area contributed by atoms with Crippen molar-refractivity contribution in [2.75, 3.05) is 6.54 Å². The Morgan fingerprint density at radius 1 is 1.22 bits per heavy atom. The van der Waals surface area contributed by atoms with Crippen LogP contribution in [0.1, 0.15) is 92.9 Å². The highest BCUT2D eigenvalue weighted by Gasteiger charge is 2.65. The molecule has 37 heavy (non-hydrogen) atoms. The van der Waals surface area contributed by atoms with Gasteiger partial charge in [-0.05, 0) is 102 Å². The summed E-state index contributed by atoms with van der Waals surface area (Å²) in [5.74, 6) is 4.79. The summed E-state index contributed by atoms with van der Waals surface area (Å²) < 4.78 is 13.8. The predicted octanol–water partition coefficient (Wildman–Crippen LogP) is 6.95. The lowest BCUT2D eigenvalue weighted by Gasteiger charge is -2.58. The molecule has 0 aromatic rings. The Balaban J connectivity index is 1.31. The lowest BCUT2D eigenvalue weighted by molar-refractivity contribution is -0.148. The summed E-state index contributed by atoms with van der Waals surface area (Å²) in [4.78, 5) is 22.9. The van der Waals surface area contributed by atoms with Crippen LogP contribution in [0.25, 0.3) is 0 Å². The molecule has 1 heterocycles. The highest BCUT2D eigenvalue weighted by atomic mass is 127. The van der Waals surface area contributed by atoms with Gasteiger partial charge in [0, 0.05) is 42.2 Å². The molecule has 6 heteroatoms. The van der Waals surface area contributed by atoms with Crippen molar-refractivity contribution < 1.29 is 19.1 Å². The van der Waals surface area contributed by atoms with Gasteiger partial charge in [-0.1, -0.05) is 39.3 Å². The number of hydrogen-bond donors (Lipinski definition) is 1. The molecule has 4 aliphatic carbocycles. The molecule has 4 fully saturated rings. The topological polar surface area (TPSA) is 64.6 Å². The van der Waals surface area contributed by atoms with E-state index in [0.717, 1.165) is 50.0 Å². The van der Waals surface area contributed by atoms with E-state index < -0.39 is 0 Å². The SMILES string of the molecule is CC(=O)NCC(C)CC(I)=C1O[C@H]2C[C@H]3[C@@H]4CC=C5C[C@@H](OC(C)=O)CC[C@]5(C)[C@H]4CC[C@]3(C)[C@H]2[C@@H]1C. The number of carbonyl (C=O) groups is 2. The van der Waals surface area contributed by atoms with Crippen molar-refractivity contribution in [1.29, 1.82) is 0 Å². The van der Waals surface area contributed by atoms with Crippen molar-refractivity contribution >= 4 is 34.5 Å². The average molecular weight is 624 g/mol. The molecule has 1 N–H and O–H groups in total. The zero-order valence-corrected chi connectivity index (χ0v) is 25.7. The number of halogens is 1. The third-order valence-electron chi connectivity index (χ3n) is 11.2. The molecule has 1 aliphatic heterocycles. The number of carbonyl (C=O) groups excluding carboxylic acids is 2. The van der Waals surface area contributed by atoms with Gasteiger partial charge >= 0.3 is 5.97 Å². The lowest BCUT2D eigenvalue weighted by Crippen LogP contribution is -2.51. The van der Waals surface area contributed by atoms with Crippen LogP contribution in [0, 0.1) is 46.3 Å². The lowest BCUT2D eigenvalue weighted by atomic mass is 9.47. The number of esters is 1. The van der Waals surface area contributed by atoms with E-state index in [1.165, 1.54) is 41.9 Å². The summed E-state index contributed by atoms with van der Waals surface area (Å²) >= 11 is 2.51. The van der Waals surface area contributed by atoms with E-state index in [9.17, 15) is 9.59 Å². The molecule has 0 aromatic carbocycles. The fourth-order valence-corrected chi connectivity index (χ4v) is 10.9. The second-order valence-corrected chi connectivity index (χ2v) is 14.8. The zero-order chi connectivity index (χ0) is 26.7. The second-order valence-electron chi connectivity index (χ2n) is 13.5. The minimum Gasteiger partial charge on any atom is -0.493 e. The quantitative estimate of drug-likeness (QED) is 0.205. The Kier molecular flexibility index (Phi) is 7.56. The first kappa shape index (κ1) is 27.5. The van der Waals surface area contributed by atoms with Gasteiger partial charge in [0.05, 0.1) is 0 Å². The summed E-state index contributed by atoms with van der Waals surface area (Å²) in [5, 5.41) is 2.96. The molecular weight excluding hydrogens is 577 g/mol. The summed E-state index contributed by atoms with van der Waals surface area (Å²) in [5.41, 5.74) is 2.16. The number of allylic oxidation sites excluding steroid dienone is 3. The predicted molar refractivity (Wildman–Crippen MR) is 154 cm³/mol. The Morgan fingerprint density at radius 3 is 2.68 bits per heavy atom. The molecular formula is C31H46INO4. The molecule has 0 spiro atoms. The highest BCUT2D eigenvalue weighted by molar-refractivity contribution is 14.1. The van der Waals surface area contributed by atoms with E-state index in [1.807, 2.05) is 0 Å². The summed E-state index contributed by atoms with van der Waals surface area (Å²) in [6.07, 6.45) is 12.0. The fraction of sp³-hybridized carbons (Fsp3) is 0.806. The molecule has 206 valence electrons. The molecule has 1 amide bonds. The molecule has 5 nitrogen and oxygen atoms in total. The van der Waals surface area contributed by atoms with Crippen molar-refractivity contribution in [1.82, 2.24) is 5.32 Å². The number of hydrogen-bond acceptors (Lipinski definition) is 4. The van der Waals surface area contributed by atoms with Crippen LogP contribution in [0.2, 0.25) is 0 Å². The van der Waals surface area contributed by atoms with Gasteiger partial charge in [0.2, 0.25) is 5.91 Å². The zero-order valence-electron chi connectivity index (χ0n) is 23.6. The maximum absolute atomic E-state index is 11.6. The molecule has 0 bridgehead atoms. The Bertz CT molecular complexity index is 1010. The fourth-order valence-electron chi connectivity index (χ4n) is 9.55. The first-order valence-corrected chi connectivity index (χ1v) is 15.7. The van der Waals surface area contributed by atoms with Gasteiger partial charge < -0.3 is 14.8 Å². The van der Waals surface area contributed by atoms with Crippen LogP contribution in [-0.2, 0) is 19.1 Å². The summed E-state index contributed by atoms with van der Waals surface area (Å²) in [6, 6.07) is 0. The number of amides is 1. The first-order valence-electron chi connectivity index (χ1n) is 14.6. The number of ether oxygens (including phenoxy) is 2. The maximum atomic E-state index is 11.6. The molecule has 5 aliphatic rings. The van der Waals surface area contributed by atoms with E-state index in [1.54, 1.807) is 12.5 Å². The van der Waals surface area contributed by atoms with Gasteiger partial charge in [-0.3, -0.25) is 9.59 Å². The van der Waals surface area contributed by atoms with Crippen molar-refractivity contribution in [3.63, 3.8) is 0 Å². The summed E-state index contributed by atoms with van der Waals surface area (Å²) in [7, 11) is 0. The maximum Gasteiger partial charge on any atom is 0.302 e. The second kappa shape index (κ2) is 10.2. The van der Waals surface area contributed by atoms with Crippen LogP contribution in [0.4, 0.5) is 0 Å². The molecule has 1 unspecified atom stereocenters. The normalized spacial score (nSPS) is 44.3. The van der Waals surface area contributed by atoms with E-state index in [-0.39, 0.29) is 23.4 Å². The number of nitrogens with one attached hydrogen (secondary N) is 1. The van der Waals surface area contributed by atoms with Crippen LogP contribution in [0.3, 0.4) is 0 Å². The van der Waals surface area contributed by atoms with Crippen molar-refractivity contribution in [3.05, 3.63) is 21.0 Å². The third-order valence-corrected chi connectivity index (χ3v) is 12.2. The molecule has 10 atom stereocenters. The van der Waals surface area contributed by atoms with Crippen LogP contribution < -0.4 is 5.32 Å². The minimum atomic E-state index is -0.145. The molecule has 5 rings (SSSR count). The van der Waals surface area contributed by atoms with Crippen molar-refractivity contribution in [2.45, 2.75) is 105 Å². The largest absolute Gasteiger partial charge is 0.493 e.